The molecule has 36 heavy (non-hydrogen) atoms. The first-order chi connectivity index (χ1) is 17.1. The molecule has 4 aromatic rings. The summed E-state index contributed by atoms with van der Waals surface area (Å²) in [5, 5.41) is 3.45. The third-order valence-corrected chi connectivity index (χ3v) is 8.96. The Labute approximate surface area is 214 Å². The second-order valence-corrected chi connectivity index (χ2v) is 11.1. The highest BCUT2D eigenvalue weighted by Crippen LogP contribution is 2.44. The van der Waals surface area contributed by atoms with Crippen molar-refractivity contribution in [2.45, 2.75) is 23.6 Å². The van der Waals surface area contributed by atoms with Crippen molar-refractivity contribution in [1.82, 2.24) is 0 Å². The lowest BCUT2D eigenvalue weighted by Gasteiger charge is -2.11. The minimum atomic E-state index is -4.07. The Morgan fingerprint density at radius 1 is 0.861 bits per heavy atom. The molecule has 1 heterocycles. The van der Waals surface area contributed by atoms with Gasteiger partial charge in [-0.2, -0.15) is 0 Å². The largest absolute Gasteiger partial charge is 0.497 e. The van der Waals surface area contributed by atoms with Gasteiger partial charge in [-0.3, -0.25) is 4.79 Å². The molecular formula is C27H26N2O5S2. The van der Waals surface area contributed by atoms with Crippen LogP contribution in [0.1, 0.15) is 26.4 Å². The predicted octanol–water partition coefficient (Wildman–Crippen LogP) is 5.77. The molecular weight excluding hydrogens is 496 g/mol. The molecule has 0 aliphatic rings. The minimum Gasteiger partial charge on any atom is -0.497 e. The number of methoxy groups -OCH3 is 2. The molecule has 9 heteroatoms. The summed E-state index contributed by atoms with van der Waals surface area (Å²) in [5.41, 5.74) is 9.52. The maximum absolute atomic E-state index is 13.8. The van der Waals surface area contributed by atoms with E-state index in [1.165, 1.54) is 26.4 Å². The fraction of sp³-hybridized carbons (Fsp3) is 0.148. The van der Waals surface area contributed by atoms with Crippen LogP contribution in [0.5, 0.6) is 11.5 Å². The summed E-state index contributed by atoms with van der Waals surface area (Å²) >= 11 is 1.01. The molecule has 0 atom stereocenters. The molecule has 0 fully saturated rings. The Morgan fingerprint density at radius 2 is 1.44 bits per heavy atom. The van der Waals surface area contributed by atoms with Crippen molar-refractivity contribution in [1.29, 1.82) is 0 Å². The summed E-state index contributed by atoms with van der Waals surface area (Å²) < 4.78 is 37.8. The third kappa shape index (κ3) is 4.80. The van der Waals surface area contributed by atoms with Crippen molar-refractivity contribution in [3.8, 4) is 11.5 Å². The number of hydrogen-bond donors (Lipinski definition) is 2. The molecule has 0 spiro atoms. The van der Waals surface area contributed by atoms with Crippen LogP contribution >= 0.6 is 11.3 Å². The van der Waals surface area contributed by atoms with Crippen molar-refractivity contribution in [2.24, 2.45) is 0 Å². The lowest BCUT2D eigenvalue weighted by molar-refractivity contribution is 0.104. The molecule has 0 radical (unpaired) electrons. The fourth-order valence-corrected chi connectivity index (χ4v) is 6.58. The molecule has 3 N–H and O–H groups in total. The van der Waals surface area contributed by atoms with E-state index < -0.39 is 9.84 Å². The molecule has 4 rings (SSSR count). The number of sulfone groups is 1. The number of rotatable bonds is 8. The van der Waals surface area contributed by atoms with Gasteiger partial charge in [0.2, 0.25) is 15.6 Å². The first-order valence-corrected chi connectivity index (χ1v) is 13.3. The van der Waals surface area contributed by atoms with Crippen molar-refractivity contribution in [3.63, 3.8) is 0 Å². The van der Waals surface area contributed by atoms with E-state index in [0.717, 1.165) is 22.5 Å². The lowest BCUT2D eigenvalue weighted by Crippen LogP contribution is -2.08. The number of thiophene rings is 1. The van der Waals surface area contributed by atoms with Crippen LogP contribution in [-0.2, 0) is 9.84 Å². The zero-order valence-corrected chi connectivity index (χ0v) is 21.9. The first-order valence-electron chi connectivity index (χ1n) is 11.0. The number of carbonyl (C=O) groups is 1. The van der Waals surface area contributed by atoms with Crippen molar-refractivity contribution < 1.29 is 22.7 Å². The van der Waals surface area contributed by atoms with E-state index >= 15 is 0 Å². The normalized spacial score (nSPS) is 11.2. The van der Waals surface area contributed by atoms with Gasteiger partial charge in [0.25, 0.3) is 0 Å². The molecule has 0 aliphatic heterocycles. The number of nitrogen functional groups attached to an aromatic ring is 1. The second-order valence-electron chi connectivity index (χ2n) is 8.16. The lowest BCUT2D eigenvalue weighted by atomic mass is 10.1. The van der Waals surface area contributed by atoms with Gasteiger partial charge < -0.3 is 20.5 Å². The van der Waals surface area contributed by atoms with Gasteiger partial charge >= 0.3 is 0 Å². The fourth-order valence-electron chi connectivity index (χ4n) is 3.64. The highest BCUT2D eigenvalue weighted by atomic mass is 32.2. The van der Waals surface area contributed by atoms with Gasteiger partial charge in [-0.15, -0.1) is 11.3 Å². The van der Waals surface area contributed by atoms with Crippen molar-refractivity contribution in [2.75, 3.05) is 25.3 Å². The van der Waals surface area contributed by atoms with E-state index in [-0.39, 0.29) is 31.1 Å². The second kappa shape index (κ2) is 10.0. The Hall–Kier alpha value is -3.82. The van der Waals surface area contributed by atoms with E-state index in [1.54, 1.807) is 36.4 Å². The molecule has 186 valence electrons. The van der Waals surface area contributed by atoms with Crippen LogP contribution in [0.15, 0.2) is 76.5 Å². The first kappa shape index (κ1) is 25.3. The van der Waals surface area contributed by atoms with E-state index in [2.05, 4.69) is 5.32 Å². The molecule has 0 aliphatic carbocycles. The monoisotopic (exact) mass is 522 g/mol. The average Bonchev–Trinajstić information content (AvgIpc) is 3.22. The molecule has 0 unspecified atom stereocenters. The standard InChI is InChI=1S/C27H26N2O5S2/c1-16-5-8-19(15-17(16)2)29-27-26(36(31,32)22-13-11-21(34-4)12-14-22)23(28)25(35-27)24(30)18-6-9-20(33-3)10-7-18/h5-15,29H,28H2,1-4H3. The number of anilines is 3. The van der Waals surface area contributed by atoms with E-state index in [1.807, 2.05) is 32.0 Å². The zero-order valence-electron chi connectivity index (χ0n) is 20.3. The maximum atomic E-state index is 13.8. The number of ketones is 1. The molecule has 7 nitrogen and oxygen atoms in total. The van der Waals surface area contributed by atoms with Gasteiger partial charge in [0.05, 0.1) is 24.8 Å². The van der Waals surface area contributed by atoms with Crippen LogP contribution in [-0.4, -0.2) is 28.4 Å². The quantitative estimate of drug-likeness (QED) is 0.283. The molecule has 0 saturated heterocycles. The van der Waals surface area contributed by atoms with Crippen LogP contribution in [0.4, 0.5) is 16.4 Å². The highest BCUT2D eigenvalue weighted by molar-refractivity contribution is 7.92. The van der Waals surface area contributed by atoms with Gasteiger partial charge in [-0.05, 0) is 85.6 Å². The summed E-state index contributed by atoms with van der Waals surface area (Å²) in [6.07, 6.45) is 0. The van der Waals surface area contributed by atoms with E-state index in [0.29, 0.717) is 22.7 Å². The smallest absolute Gasteiger partial charge is 0.211 e. The summed E-state index contributed by atoms with van der Waals surface area (Å²) in [6.45, 7) is 3.96. The number of nitrogens with two attached hydrogens (primary N) is 1. The van der Waals surface area contributed by atoms with Crippen LogP contribution in [0.2, 0.25) is 0 Å². The predicted molar refractivity (Wildman–Crippen MR) is 143 cm³/mol. The SMILES string of the molecule is COc1ccc(C(=O)c2sc(Nc3ccc(C)c(C)c3)c(S(=O)(=O)c3ccc(OC)cc3)c2N)cc1. The Balaban J connectivity index is 1.85. The maximum Gasteiger partial charge on any atom is 0.211 e. The highest BCUT2D eigenvalue weighted by Gasteiger charge is 2.32. The van der Waals surface area contributed by atoms with Crippen LogP contribution in [0.25, 0.3) is 0 Å². The van der Waals surface area contributed by atoms with Gasteiger partial charge in [-0.25, -0.2) is 8.42 Å². The van der Waals surface area contributed by atoms with Gasteiger partial charge in [0.15, 0.2) is 0 Å². The number of ether oxygens (including phenoxy) is 2. The molecule has 1 aromatic heterocycles. The number of benzene rings is 3. The summed E-state index contributed by atoms with van der Waals surface area (Å²) in [4.78, 5) is 13.4. The summed E-state index contributed by atoms with van der Waals surface area (Å²) in [7, 11) is -1.03. The Morgan fingerprint density at radius 3 is 2.00 bits per heavy atom. The minimum absolute atomic E-state index is 0.0411. The molecule has 0 saturated carbocycles. The zero-order chi connectivity index (χ0) is 26.0. The summed E-state index contributed by atoms with van der Waals surface area (Å²) in [5.74, 6) is 0.751. The topological polar surface area (TPSA) is 108 Å². The van der Waals surface area contributed by atoms with Crippen molar-refractivity contribution in [3.05, 3.63) is 88.3 Å². The number of nitrogens with one attached hydrogen (secondary N) is 1. The molecule has 0 amide bonds. The van der Waals surface area contributed by atoms with Crippen LogP contribution in [0.3, 0.4) is 0 Å². The van der Waals surface area contributed by atoms with Gasteiger partial charge in [0, 0.05) is 11.3 Å². The average molecular weight is 523 g/mol. The Bertz CT molecular complexity index is 1520. The van der Waals surface area contributed by atoms with Gasteiger partial charge in [0.1, 0.15) is 26.3 Å². The number of carbonyl (C=O) groups excluding carboxylic acids is 1. The number of hydrogen-bond acceptors (Lipinski definition) is 8. The Kier molecular flexibility index (Phi) is 7.05. The van der Waals surface area contributed by atoms with Crippen molar-refractivity contribution >= 4 is 43.3 Å². The van der Waals surface area contributed by atoms with Crippen LogP contribution < -0.4 is 20.5 Å². The summed E-state index contributed by atoms with van der Waals surface area (Å²) in [6, 6.07) is 18.3. The number of aryl methyl sites for hydroxylation is 2. The third-order valence-electron chi connectivity index (χ3n) is 5.86. The van der Waals surface area contributed by atoms with E-state index in [4.69, 9.17) is 15.2 Å². The van der Waals surface area contributed by atoms with E-state index in [9.17, 15) is 13.2 Å². The molecule has 0 bridgehead atoms. The van der Waals surface area contributed by atoms with Crippen LogP contribution in [0, 0.1) is 13.8 Å². The molecule has 3 aromatic carbocycles. The van der Waals surface area contributed by atoms with Gasteiger partial charge in [-0.1, -0.05) is 6.07 Å².